The number of ether oxygens (including phenoxy) is 1. The zero-order valence-electron chi connectivity index (χ0n) is 11.2. The minimum absolute atomic E-state index is 0.242. The second-order valence-electron chi connectivity index (χ2n) is 4.27. The number of anilines is 1. The summed E-state index contributed by atoms with van der Waals surface area (Å²) < 4.78 is 31.7. The Morgan fingerprint density at radius 2 is 1.89 bits per heavy atom. The zero-order chi connectivity index (χ0) is 13.9. The highest BCUT2D eigenvalue weighted by Gasteiger charge is 2.21. The molecule has 18 heavy (non-hydrogen) atoms. The molecule has 0 saturated heterocycles. The van der Waals surface area contributed by atoms with Crippen LogP contribution in [0.4, 0.5) is 5.69 Å². The molecule has 1 aromatic rings. The lowest BCUT2D eigenvalue weighted by molar-refractivity contribution is 0.204. The first-order chi connectivity index (χ1) is 8.31. The molecule has 0 atom stereocenters. The van der Waals surface area contributed by atoms with Crippen LogP contribution in [0.3, 0.4) is 0 Å². The molecule has 3 N–H and O–H groups in total. The summed E-state index contributed by atoms with van der Waals surface area (Å²) in [6.07, 6.45) is 0. The molecule has 0 aromatic heterocycles. The van der Waals surface area contributed by atoms with Gasteiger partial charge in [-0.15, -0.1) is 0 Å². The molecule has 0 bridgehead atoms. The standard InChI is InChI=1S/C12H20N2O3S/c1-8-7-9(2)12(10(3)11(8)13)18(15,16)14-5-6-17-4/h7,14H,5-6,13H2,1-4H3. The Hall–Kier alpha value is -1.11. The highest BCUT2D eigenvalue weighted by Crippen LogP contribution is 2.27. The monoisotopic (exact) mass is 272 g/mol. The average Bonchev–Trinajstić information content (AvgIpc) is 2.25. The van der Waals surface area contributed by atoms with Gasteiger partial charge in [0.05, 0.1) is 11.5 Å². The number of nitrogens with one attached hydrogen (secondary N) is 1. The second-order valence-corrected chi connectivity index (χ2v) is 5.97. The van der Waals surface area contributed by atoms with Crippen LogP contribution in [-0.2, 0) is 14.8 Å². The average molecular weight is 272 g/mol. The summed E-state index contributed by atoms with van der Waals surface area (Å²) in [6, 6.07) is 1.78. The van der Waals surface area contributed by atoms with E-state index in [1.54, 1.807) is 19.9 Å². The molecule has 102 valence electrons. The van der Waals surface area contributed by atoms with E-state index in [1.807, 2.05) is 6.92 Å². The molecule has 5 nitrogen and oxygen atoms in total. The number of nitrogens with two attached hydrogens (primary N) is 1. The van der Waals surface area contributed by atoms with Crippen LogP contribution in [0.1, 0.15) is 16.7 Å². The lowest BCUT2D eigenvalue weighted by Gasteiger charge is -2.15. The van der Waals surface area contributed by atoms with Gasteiger partial charge in [-0.25, -0.2) is 13.1 Å². The van der Waals surface area contributed by atoms with Gasteiger partial charge in [0.25, 0.3) is 0 Å². The number of methoxy groups -OCH3 is 1. The van der Waals surface area contributed by atoms with E-state index in [-0.39, 0.29) is 11.4 Å². The van der Waals surface area contributed by atoms with Crippen molar-refractivity contribution in [1.82, 2.24) is 4.72 Å². The molecule has 0 radical (unpaired) electrons. The van der Waals surface area contributed by atoms with Crippen LogP contribution in [0.15, 0.2) is 11.0 Å². The molecule has 0 amide bonds. The third-order valence-corrected chi connectivity index (χ3v) is 4.58. The summed E-state index contributed by atoms with van der Waals surface area (Å²) in [6.45, 7) is 5.93. The fourth-order valence-electron chi connectivity index (χ4n) is 1.95. The first-order valence-electron chi connectivity index (χ1n) is 5.66. The predicted molar refractivity (Wildman–Crippen MR) is 72.1 cm³/mol. The summed E-state index contributed by atoms with van der Waals surface area (Å²) in [5, 5.41) is 0. The minimum atomic E-state index is -3.54. The number of hydrogen-bond donors (Lipinski definition) is 2. The van der Waals surface area contributed by atoms with Crippen LogP contribution in [0.5, 0.6) is 0 Å². The van der Waals surface area contributed by atoms with E-state index in [2.05, 4.69) is 4.72 Å². The van der Waals surface area contributed by atoms with Crippen molar-refractivity contribution in [2.24, 2.45) is 0 Å². The summed E-state index contributed by atoms with van der Waals surface area (Å²) in [7, 11) is -2.02. The SMILES string of the molecule is COCCNS(=O)(=O)c1c(C)cc(C)c(N)c1C. The van der Waals surface area contributed by atoms with Crippen molar-refractivity contribution in [2.75, 3.05) is 26.0 Å². The summed E-state index contributed by atoms with van der Waals surface area (Å²) in [5.41, 5.74) is 8.59. The van der Waals surface area contributed by atoms with E-state index in [9.17, 15) is 8.42 Å². The molecule has 0 saturated carbocycles. The lowest BCUT2D eigenvalue weighted by atomic mass is 10.1. The molecule has 1 rings (SSSR count). The molecule has 0 unspecified atom stereocenters. The van der Waals surface area contributed by atoms with Gasteiger partial charge in [0.15, 0.2) is 0 Å². The number of hydrogen-bond acceptors (Lipinski definition) is 4. The molecule has 0 fully saturated rings. The number of rotatable bonds is 5. The largest absolute Gasteiger partial charge is 0.398 e. The van der Waals surface area contributed by atoms with Crippen LogP contribution in [0, 0.1) is 20.8 Å². The van der Waals surface area contributed by atoms with Gasteiger partial charge in [-0.05, 0) is 37.5 Å². The number of aryl methyl sites for hydroxylation is 2. The third-order valence-electron chi connectivity index (χ3n) is 2.83. The van der Waals surface area contributed by atoms with Crippen molar-refractivity contribution in [2.45, 2.75) is 25.7 Å². The first kappa shape index (κ1) is 14.9. The Bertz CT molecular complexity index is 539. The van der Waals surface area contributed by atoms with E-state index in [0.717, 1.165) is 5.56 Å². The molecule has 6 heteroatoms. The molecule has 0 aliphatic rings. The second kappa shape index (κ2) is 5.69. The molecule has 0 heterocycles. The van der Waals surface area contributed by atoms with Gasteiger partial charge in [-0.1, -0.05) is 6.07 Å². The summed E-state index contributed by atoms with van der Waals surface area (Å²) in [4.78, 5) is 0.265. The Labute approximate surface area is 108 Å². The number of nitrogen functional groups attached to an aromatic ring is 1. The highest BCUT2D eigenvalue weighted by molar-refractivity contribution is 7.89. The van der Waals surface area contributed by atoms with E-state index < -0.39 is 10.0 Å². The Morgan fingerprint density at radius 3 is 2.44 bits per heavy atom. The van der Waals surface area contributed by atoms with Gasteiger partial charge in [-0.2, -0.15) is 0 Å². The Balaban J connectivity index is 3.21. The highest BCUT2D eigenvalue weighted by atomic mass is 32.2. The van der Waals surface area contributed by atoms with E-state index in [0.29, 0.717) is 23.4 Å². The van der Waals surface area contributed by atoms with Crippen molar-refractivity contribution >= 4 is 15.7 Å². The van der Waals surface area contributed by atoms with Crippen LogP contribution < -0.4 is 10.5 Å². The van der Waals surface area contributed by atoms with Crippen LogP contribution in [0.25, 0.3) is 0 Å². The van der Waals surface area contributed by atoms with Crippen LogP contribution in [-0.4, -0.2) is 28.7 Å². The van der Waals surface area contributed by atoms with Crippen molar-refractivity contribution in [3.63, 3.8) is 0 Å². The van der Waals surface area contributed by atoms with Gasteiger partial charge >= 0.3 is 0 Å². The maximum Gasteiger partial charge on any atom is 0.241 e. The van der Waals surface area contributed by atoms with E-state index >= 15 is 0 Å². The van der Waals surface area contributed by atoms with Gasteiger partial charge in [0.2, 0.25) is 10.0 Å². The number of benzene rings is 1. The lowest BCUT2D eigenvalue weighted by Crippen LogP contribution is -2.28. The van der Waals surface area contributed by atoms with Gasteiger partial charge in [-0.3, -0.25) is 0 Å². The fraction of sp³-hybridized carbons (Fsp3) is 0.500. The maximum atomic E-state index is 12.2. The fourth-order valence-corrected chi connectivity index (χ4v) is 3.44. The topological polar surface area (TPSA) is 81.4 Å². The molecule has 1 aromatic carbocycles. The minimum Gasteiger partial charge on any atom is -0.398 e. The van der Waals surface area contributed by atoms with Crippen molar-refractivity contribution in [1.29, 1.82) is 0 Å². The normalized spacial score (nSPS) is 11.8. The summed E-state index contributed by atoms with van der Waals surface area (Å²) in [5.74, 6) is 0. The quantitative estimate of drug-likeness (QED) is 0.621. The van der Waals surface area contributed by atoms with Crippen molar-refractivity contribution in [3.05, 3.63) is 22.8 Å². The third kappa shape index (κ3) is 3.01. The summed E-state index contributed by atoms with van der Waals surface area (Å²) >= 11 is 0. The van der Waals surface area contributed by atoms with Crippen molar-refractivity contribution in [3.8, 4) is 0 Å². The van der Waals surface area contributed by atoms with Crippen LogP contribution in [0.2, 0.25) is 0 Å². The molecule has 0 spiro atoms. The molecular weight excluding hydrogens is 252 g/mol. The van der Waals surface area contributed by atoms with E-state index in [1.165, 1.54) is 7.11 Å². The smallest absolute Gasteiger partial charge is 0.241 e. The predicted octanol–water partition coefficient (Wildman–Crippen LogP) is 1.12. The molecular formula is C12H20N2O3S. The van der Waals surface area contributed by atoms with Gasteiger partial charge in [0.1, 0.15) is 0 Å². The Kier molecular flexibility index (Phi) is 4.72. The number of sulfonamides is 1. The Morgan fingerprint density at radius 1 is 1.28 bits per heavy atom. The van der Waals surface area contributed by atoms with Gasteiger partial charge < -0.3 is 10.5 Å². The first-order valence-corrected chi connectivity index (χ1v) is 7.14. The molecule has 0 aliphatic carbocycles. The zero-order valence-corrected chi connectivity index (χ0v) is 12.0. The van der Waals surface area contributed by atoms with Crippen LogP contribution >= 0.6 is 0 Å². The maximum absolute atomic E-state index is 12.2. The molecule has 0 aliphatic heterocycles. The van der Waals surface area contributed by atoms with Gasteiger partial charge in [0, 0.05) is 19.3 Å². The van der Waals surface area contributed by atoms with E-state index in [4.69, 9.17) is 10.5 Å². The van der Waals surface area contributed by atoms with Crippen molar-refractivity contribution < 1.29 is 13.2 Å².